The summed E-state index contributed by atoms with van der Waals surface area (Å²) in [5.74, 6) is -0.696. The minimum Gasteiger partial charge on any atom is -0.475 e. The lowest BCUT2D eigenvalue weighted by Gasteiger charge is -2.41. The zero-order valence-electron chi connectivity index (χ0n) is 25.6. The number of rotatable bonds is 4. The molecule has 2 saturated carbocycles. The smallest absolute Gasteiger partial charge is 0.394 e. The van der Waals surface area contributed by atoms with Crippen molar-refractivity contribution in [2.75, 3.05) is 11.3 Å². The van der Waals surface area contributed by atoms with Gasteiger partial charge in [0.15, 0.2) is 0 Å². The normalized spacial score (nSPS) is 21.5. The van der Waals surface area contributed by atoms with E-state index in [0.29, 0.717) is 24.1 Å². The highest BCUT2D eigenvalue weighted by molar-refractivity contribution is 7.92. The molecular weight excluding hydrogens is 605 g/mol. The number of carbonyl (C=O) groups excluding carboxylic acids is 1. The molecule has 2 aromatic carbocycles. The number of nitrogens with zero attached hydrogens (tertiary/aromatic N) is 3. The van der Waals surface area contributed by atoms with Crippen molar-refractivity contribution in [3.63, 3.8) is 0 Å². The average Bonchev–Trinajstić information content (AvgIpc) is 3.79. The summed E-state index contributed by atoms with van der Waals surface area (Å²) in [7, 11) is -4.26. The van der Waals surface area contributed by atoms with Crippen LogP contribution in [-0.2, 0) is 10.0 Å². The first-order valence-electron chi connectivity index (χ1n) is 15.4. The zero-order valence-corrected chi connectivity index (χ0v) is 26.4. The Hall–Kier alpha value is -3.67. The van der Waals surface area contributed by atoms with Crippen LogP contribution in [0.5, 0.6) is 5.88 Å². The number of sulfonamides is 1. The van der Waals surface area contributed by atoms with Gasteiger partial charge in [-0.05, 0) is 82.2 Å². The summed E-state index contributed by atoms with van der Waals surface area (Å²) in [6, 6.07) is 10.1. The first-order valence-corrected chi connectivity index (χ1v) is 16.9. The van der Waals surface area contributed by atoms with Crippen LogP contribution in [0.3, 0.4) is 0 Å². The summed E-state index contributed by atoms with van der Waals surface area (Å²) in [4.78, 5) is 24.7. The second kappa shape index (κ2) is 11.6. The highest BCUT2D eigenvalue weighted by Crippen LogP contribution is 2.61. The molecule has 2 fully saturated rings. The summed E-state index contributed by atoms with van der Waals surface area (Å²) in [6.45, 7) is 5.33. The number of fused-ring (bicyclic) bond motifs is 4. The minimum atomic E-state index is -4.43. The third-order valence-electron chi connectivity index (χ3n) is 9.53. The van der Waals surface area contributed by atoms with Crippen molar-refractivity contribution in [2.24, 2.45) is 5.41 Å². The molecule has 240 valence electrons. The number of benzene rings is 2. The summed E-state index contributed by atoms with van der Waals surface area (Å²) in [5.41, 5.74) is 1.72. The van der Waals surface area contributed by atoms with Crippen molar-refractivity contribution in [3.05, 3.63) is 64.7 Å². The molecule has 2 heterocycles. The molecule has 1 aromatic heterocycles. The highest BCUT2D eigenvalue weighted by atomic mass is 32.2. The molecule has 45 heavy (non-hydrogen) atoms. The lowest BCUT2D eigenvalue weighted by Crippen LogP contribution is -2.52. The van der Waals surface area contributed by atoms with Gasteiger partial charge in [0.05, 0.1) is 22.0 Å². The van der Waals surface area contributed by atoms with E-state index < -0.39 is 33.6 Å². The SMILES string of the molecule is Cc1cccc(C)c1-c1nc2nc(c1C)OC[C@@H](CC1(C(F)(F)F)CC1)N(C1CCCCC1)C(=O)c1cccc(c1)S(=O)(=O)N2. The first-order chi connectivity index (χ1) is 21.3. The van der Waals surface area contributed by atoms with Crippen LogP contribution in [-0.4, -0.2) is 54.1 Å². The number of anilines is 1. The Morgan fingerprint density at radius 3 is 2.31 bits per heavy atom. The van der Waals surface area contributed by atoms with Crippen LogP contribution in [0.15, 0.2) is 47.4 Å². The van der Waals surface area contributed by atoms with Gasteiger partial charge in [0.2, 0.25) is 11.8 Å². The highest BCUT2D eigenvalue weighted by Gasteiger charge is 2.64. The van der Waals surface area contributed by atoms with Crippen LogP contribution in [0, 0.1) is 26.2 Å². The molecule has 6 rings (SSSR count). The Labute approximate surface area is 261 Å². The van der Waals surface area contributed by atoms with E-state index in [2.05, 4.69) is 14.7 Å². The van der Waals surface area contributed by atoms with Gasteiger partial charge in [0, 0.05) is 22.7 Å². The zero-order chi connectivity index (χ0) is 32.1. The van der Waals surface area contributed by atoms with Gasteiger partial charge in [0.25, 0.3) is 15.9 Å². The number of aromatic nitrogens is 2. The largest absolute Gasteiger partial charge is 0.475 e. The fourth-order valence-corrected chi connectivity index (χ4v) is 7.83. The Morgan fingerprint density at radius 1 is 1.00 bits per heavy atom. The fourth-order valence-electron chi connectivity index (χ4n) is 6.85. The van der Waals surface area contributed by atoms with Gasteiger partial charge in [-0.25, -0.2) is 18.1 Å². The van der Waals surface area contributed by atoms with Crippen LogP contribution in [0.2, 0.25) is 0 Å². The average molecular weight is 643 g/mol. The molecule has 3 aromatic rings. The van der Waals surface area contributed by atoms with Crippen LogP contribution in [0.1, 0.15) is 78.4 Å². The van der Waals surface area contributed by atoms with Crippen molar-refractivity contribution in [3.8, 4) is 17.1 Å². The third kappa shape index (κ3) is 6.01. The molecule has 0 unspecified atom stereocenters. The van der Waals surface area contributed by atoms with Crippen molar-refractivity contribution < 1.29 is 31.1 Å². The second-order valence-electron chi connectivity index (χ2n) is 12.7. The molecule has 8 nitrogen and oxygen atoms in total. The van der Waals surface area contributed by atoms with Crippen molar-refractivity contribution >= 4 is 21.9 Å². The number of ether oxygens (including phenoxy) is 1. The Bertz CT molecular complexity index is 1710. The van der Waals surface area contributed by atoms with Gasteiger partial charge in [-0.2, -0.15) is 18.2 Å². The van der Waals surface area contributed by atoms with Crippen molar-refractivity contribution in [2.45, 2.75) is 95.3 Å². The number of aryl methyl sites for hydroxylation is 2. The number of hydrogen-bond acceptors (Lipinski definition) is 6. The third-order valence-corrected chi connectivity index (χ3v) is 10.9. The molecular formula is C33H37F3N4O4S. The standard InChI is InChI=1S/C33H37F3N4O4S/c1-20-9-7-10-21(2)27(20)28-22(3)29-38-31(37-28)39-45(42,43)26-14-8-11-23(17-26)30(41)40(24-12-5-4-6-13-24)25(19-44-29)18-32(15-16-32)33(34,35)36/h7-11,14,17,24-25H,4-6,12-13,15-16,18-19H2,1-3H3,(H,37,38,39)/t25-/m1/s1. The van der Waals surface area contributed by atoms with Gasteiger partial charge >= 0.3 is 6.18 Å². The Morgan fingerprint density at radius 2 is 1.67 bits per heavy atom. The molecule has 4 bridgehead atoms. The second-order valence-corrected chi connectivity index (χ2v) is 14.4. The van der Waals surface area contributed by atoms with E-state index in [9.17, 15) is 26.4 Å². The van der Waals surface area contributed by atoms with Crippen LogP contribution in [0.25, 0.3) is 11.3 Å². The molecule has 1 N–H and O–H groups in total. The van der Waals surface area contributed by atoms with Crippen molar-refractivity contribution in [1.29, 1.82) is 0 Å². The maximum atomic E-state index is 14.4. The quantitative estimate of drug-likeness (QED) is 0.325. The number of nitrogens with one attached hydrogen (secondary N) is 1. The lowest BCUT2D eigenvalue weighted by atomic mass is 9.89. The van der Waals surface area contributed by atoms with Gasteiger partial charge in [0.1, 0.15) is 6.61 Å². The number of carbonyl (C=O) groups is 1. The minimum absolute atomic E-state index is 0.00919. The maximum Gasteiger partial charge on any atom is 0.394 e. The maximum absolute atomic E-state index is 14.4. The number of alkyl halides is 3. The molecule has 1 atom stereocenters. The number of halogens is 3. The summed E-state index contributed by atoms with van der Waals surface area (Å²) in [6.07, 6.45) is -0.791. The van der Waals surface area contributed by atoms with E-state index in [4.69, 9.17) is 4.74 Å². The topological polar surface area (TPSA) is 101 Å². The van der Waals surface area contributed by atoms with Crippen LogP contribution < -0.4 is 9.46 Å². The Balaban J connectivity index is 1.54. The lowest BCUT2D eigenvalue weighted by molar-refractivity contribution is -0.193. The van der Waals surface area contributed by atoms with Crippen LogP contribution in [0.4, 0.5) is 19.1 Å². The van der Waals surface area contributed by atoms with Gasteiger partial charge < -0.3 is 9.64 Å². The molecule has 1 aliphatic heterocycles. The van der Waals surface area contributed by atoms with E-state index in [0.717, 1.165) is 36.0 Å². The monoisotopic (exact) mass is 642 g/mol. The molecule has 12 heteroatoms. The predicted molar refractivity (Wildman–Crippen MR) is 164 cm³/mol. The molecule has 1 amide bonds. The van der Waals surface area contributed by atoms with E-state index in [1.807, 2.05) is 32.0 Å². The number of amides is 1. The molecule has 0 saturated heterocycles. The first kappa shape index (κ1) is 31.3. The van der Waals surface area contributed by atoms with E-state index in [1.165, 1.54) is 24.3 Å². The predicted octanol–water partition coefficient (Wildman–Crippen LogP) is 7.14. The molecule has 0 radical (unpaired) electrons. The van der Waals surface area contributed by atoms with E-state index >= 15 is 0 Å². The Kier molecular flexibility index (Phi) is 8.07. The molecule has 0 spiro atoms. The van der Waals surface area contributed by atoms with E-state index in [1.54, 1.807) is 11.8 Å². The van der Waals surface area contributed by atoms with Crippen LogP contribution >= 0.6 is 0 Å². The van der Waals surface area contributed by atoms with Gasteiger partial charge in [-0.1, -0.05) is 43.5 Å². The van der Waals surface area contributed by atoms with Gasteiger partial charge in [-0.15, -0.1) is 0 Å². The number of hydrogen-bond donors (Lipinski definition) is 1. The summed E-state index contributed by atoms with van der Waals surface area (Å²) >= 11 is 0. The summed E-state index contributed by atoms with van der Waals surface area (Å²) < 4.78 is 79.1. The fraction of sp³-hybridized carbons (Fsp3) is 0.485. The van der Waals surface area contributed by atoms with E-state index in [-0.39, 0.29) is 54.2 Å². The molecule has 2 aliphatic carbocycles. The summed E-state index contributed by atoms with van der Waals surface area (Å²) in [5, 5.41) is 0. The van der Waals surface area contributed by atoms with Gasteiger partial charge in [-0.3, -0.25) is 4.79 Å². The van der Waals surface area contributed by atoms with Crippen molar-refractivity contribution in [1.82, 2.24) is 14.9 Å². The molecule has 3 aliphatic rings.